The summed E-state index contributed by atoms with van der Waals surface area (Å²) in [6.07, 6.45) is 3.43. The highest BCUT2D eigenvalue weighted by Crippen LogP contribution is 2.19. The lowest BCUT2D eigenvalue weighted by Gasteiger charge is -2.26. The fourth-order valence-corrected chi connectivity index (χ4v) is 2.38. The highest BCUT2D eigenvalue weighted by molar-refractivity contribution is 5.77. The summed E-state index contributed by atoms with van der Waals surface area (Å²) in [6.45, 7) is 4.27. The Kier molecular flexibility index (Phi) is 4.80. The molecule has 2 rings (SSSR count). The fourth-order valence-electron chi connectivity index (χ4n) is 2.38. The smallest absolute Gasteiger partial charge is 0.260 e. The molecule has 2 N–H and O–H groups in total. The number of nitrogens with zero attached hydrogens (tertiary/aromatic N) is 1. The van der Waals surface area contributed by atoms with E-state index in [9.17, 15) is 4.79 Å². The van der Waals surface area contributed by atoms with Gasteiger partial charge in [0.25, 0.3) is 5.91 Å². The van der Waals surface area contributed by atoms with Crippen LogP contribution in [0.5, 0.6) is 5.75 Å². The van der Waals surface area contributed by atoms with Crippen LogP contribution >= 0.6 is 0 Å². The Labute approximate surface area is 114 Å². The largest absolute Gasteiger partial charge is 0.483 e. The van der Waals surface area contributed by atoms with Crippen LogP contribution in [0.25, 0.3) is 0 Å². The van der Waals surface area contributed by atoms with Crippen molar-refractivity contribution >= 4 is 5.91 Å². The molecule has 1 saturated heterocycles. The third kappa shape index (κ3) is 3.70. The maximum absolute atomic E-state index is 12.0. The number of hydrogen-bond donors (Lipinski definition) is 1. The molecule has 104 valence electrons. The van der Waals surface area contributed by atoms with Crippen molar-refractivity contribution in [3.63, 3.8) is 0 Å². The minimum atomic E-state index is 0.0725. The molecule has 0 saturated carbocycles. The number of carbonyl (C=O) groups is 1. The van der Waals surface area contributed by atoms with Gasteiger partial charge in [-0.15, -0.1) is 0 Å². The van der Waals surface area contributed by atoms with Crippen molar-refractivity contribution in [3.8, 4) is 5.75 Å². The molecule has 0 radical (unpaired) electrons. The molecule has 1 aromatic carbocycles. The SMILES string of the molecule is Cc1ccc(OCC(=O)N2CCCCC2)c(CN)c1. The lowest BCUT2D eigenvalue weighted by atomic mass is 10.1. The molecule has 4 nitrogen and oxygen atoms in total. The minimum absolute atomic E-state index is 0.0725. The van der Waals surface area contributed by atoms with Crippen LogP contribution < -0.4 is 10.5 Å². The van der Waals surface area contributed by atoms with E-state index in [0.717, 1.165) is 42.8 Å². The summed E-state index contributed by atoms with van der Waals surface area (Å²) in [7, 11) is 0. The third-order valence-electron chi connectivity index (χ3n) is 3.50. The van der Waals surface area contributed by atoms with Crippen molar-refractivity contribution in [1.29, 1.82) is 0 Å². The van der Waals surface area contributed by atoms with Crippen LogP contribution in [0.3, 0.4) is 0 Å². The summed E-state index contributed by atoms with van der Waals surface area (Å²) in [5, 5.41) is 0. The molecule has 1 aliphatic heterocycles. The Hall–Kier alpha value is -1.55. The molecule has 0 aromatic heterocycles. The van der Waals surface area contributed by atoms with Gasteiger partial charge in [-0.1, -0.05) is 17.7 Å². The number of hydrogen-bond acceptors (Lipinski definition) is 3. The van der Waals surface area contributed by atoms with Gasteiger partial charge < -0.3 is 15.4 Å². The van der Waals surface area contributed by atoms with Crippen molar-refractivity contribution in [2.75, 3.05) is 19.7 Å². The minimum Gasteiger partial charge on any atom is -0.483 e. The number of aryl methyl sites for hydroxylation is 1. The van der Waals surface area contributed by atoms with Crippen molar-refractivity contribution in [2.24, 2.45) is 5.73 Å². The predicted octanol–water partition coefficient (Wildman–Crippen LogP) is 1.85. The normalized spacial score (nSPS) is 15.4. The zero-order valence-electron chi connectivity index (χ0n) is 11.5. The molecule has 0 spiro atoms. The van der Waals surface area contributed by atoms with Crippen LogP contribution in [0.1, 0.15) is 30.4 Å². The van der Waals surface area contributed by atoms with E-state index in [1.165, 1.54) is 6.42 Å². The molecule has 0 unspecified atom stereocenters. The van der Waals surface area contributed by atoms with Gasteiger partial charge >= 0.3 is 0 Å². The summed E-state index contributed by atoms with van der Waals surface area (Å²) in [4.78, 5) is 13.9. The average molecular weight is 262 g/mol. The Balaban J connectivity index is 1.92. The fraction of sp³-hybridized carbons (Fsp3) is 0.533. The van der Waals surface area contributed by atoms with Crippen LogP contribution in [-0.4, -0.2) is 30.5 Å². The number of benzene rings is 1. The number of carbonyl (C=O) groups excluding carboxylic acids is 1. The quantitative estimate of drug-likeness (QED) is 0.901. The van der Waals surface area contributed by atoms with Gasteiger partial charge in [0.2, 0.25) is 0 Å². The molecule has 0 aliphatic carbocycles. The molecule has 0 atom stereocenters. The van der Waals surface area contributed by atoms with Crippen LogP contribution in [-0.2, 0) is 11.3 Å². The van der Waals surface area contributed by atoms with E-state index >= 15 is 0 Å². The second-order valence-corrected chi connectivity index (χ2v) is 5.05. The average Bonchev–Trinajstić information content (AvgIpc) is 2.46. The molecular weight excluding hydrogens is 240 g/mol. The molecule has 1 fully saturated rings. The van der Waals surface area contributed by atoms with Crippen LogP contribution in [0, 0.1) is 6.92 Å². The second kappa shape index (κ2) is 6.57. The van der Waals surface area contributed by atoms with E-state index in [-0.39, 0.29) is 12.5 Å². The van der Waals surface area contributed by atoms with E-state index in [0.29, 0.717) is 6.54 Å². The van der Waals surface area contributed by atoms with Gasteiger partial charge in [-0.05, 0) is 32.3 Å². The van der Waals surface area contributed by atoms with Gasteiger partial charge in [-0.25, -0.2) is 0 Å². The summed E-state index contributed by atoms with van der Waals surface area (Å²) < 4.78 is 5.63. The maximum Gasteiger partial charge on any atom is 0.260 e. The number of ether oxygens (including phenoxy) is 1. The first-order valence-electron chi connectivity index (χ1n) is 6.91. The van der Waals surface area contributed by atoms with E-state index in [1.807, 2.05) is 30.0 Å². The van der Waals surface area contributed by atoms with Crippen molar-refractivity contribution in [1.82, 2.24) is 4.90 Å². The molecule has 1 aliphatic rings. The van der Waals surface area contributed by atoms with Gasteiger partial charge in [-0.2, -0.15) is 0 Å². The summed E-state index contributed by atoms with van der Waals surface area (Å²) in [5.74, 6) is 0.793. The standard InChI is InChI=1S/C15H22N2O2/c1-12-5-6-14(13(9-12)10-16)19-11-15(18)17-7-3-2-4-8-17/h5-6,9H,2-4,7-8,10-11,16H2,1H3. The molecule has 4 heteroatoms. The first kappa shape index (κ1) is 13.9. The van der Waals surface area contributed by atoms with E-state index < -0.39 is 0 Å². The van der Waals surface area contributed by atoms with Gasteiger partial charge in [-0.3, -0.25) is 4.79 Å². The first-order valence-corrected chi connectivity index (χ1v) is 6.91. The highest BCUT2D eigenvalue weighted by Gasteiger charge is 2.17. The monoisotopic (exact) mass is 262 g/mol. The van der Waals surface area contributed by atoms with Gasteiger partial charge in [0, 0.05) is 25.2 Å². The van der Waals surface area contributed by atoms with E-state index in [2.05, 4.69) is 0 Å². The Morgan fingerprint density at radius 2 is 2.05 bits per heavy atom. The molecule has 19 heavy (non-hydrogen) atoms. The number of likely N-dealkylation sites (tertiary alicyclic amines) is 1. The molecule has 1 aromatic rings. The highest BCUT2D eigenvalue weighted by atomic mass is 16.5. The van der Waals surface area contributed by atoms with Gasteiger partial charge in [0.1, 0.15) is 5.75 Å². The summed E-state index contributed by atoms with van der Waals surface area (Å²) >= 11 is 0. The van der Waals surface area contributed by atoms with E-state index in [4.69, 9.17) is 10.5 Å². The van der Waals surface area contributed by atoms with Crippen LogP contribution in [0.15, 0.2) is 18.2 Å². The lowest BCUT2D eigenvalue weighted by Crippen LogP contribution is -2.38. The molecule has 0 bridgehead atoms. The second-order valence-electron chi connectivity index (χ2n) is 5.05. The van der Waals surface area contributed by atoms with Crippen molar-refractivity contribution in [2.45, 2.75) is 32.7 Å². The van der Waals surface area contributed by atoms with Crippen molar-refractivity contribution in [3.05, 3.63) is 29.3 Å². The zero-order valence-corrected chi connectivity index (χ0v) is 11.5. The van der Waals surface area contributed by atoms with Crippen LogP contribution in [0.4, 0.5) is 0 Å². The van der Waals surface area contributed by atoms with Gasteiger partial charge in [0.15, 0.2) is 6.61 Å². The Bertz CT molecular complexity index is 440. The predicted molar refractivity (Wildman–Crippen MR) is 75.0 cm³/mol. The van der Waals surface area contributed by atoms with E-state index in [1.54, 1.807) is 0 Å². The van der Waals surface area contributed by atoms with Crippen LogP contribution in [0.2, 0.25) is 0 Å². The lowest BCUT2D eigenvalue weighted by molar-refractivity contribution is -0.134. The summed E-state index contributed by atoms with van der Waals surface area (Å²) in [6, 6.07) is 5.86. The Morgan fingerprint density at radius 3 is 2.74 bits per heavy atom. The molecule has 1 heterocycles. The van der Waals surface area contributed by atoms with Gasteiger partial charge in [0.05, 0.1) is 0 Å². The third-order valence-corrected chi connectivity index (χ3v) is 3.50. The molecule has 1 amide bonds. The first-order chi connectivity index (χ1) is 9.20. The van der Waals surface area contributed by atoms with Crippen molar-refractivity contribution < 1.29 is 9.53 Å². The maximum atomic E-state index is 12.0. The number of nitrogens with two attached hydrogens (primary N) is 1. The number of piperidine rings is 1. The number of rotatable bonds is 4. The number of amides is 1. The zero-order chi connectivity index (χ0) is 13.7. The molecular formula is C15H22N2O2. The topological polar surface area (TPSA) is 55.6 Å². The Morgan fingerprint density at radius 1 is 1.32 bits per heavy atom. The summed E-state index contributed by atoms with van der Waals surface area (Å²) in [5.41, 5.74) is 7.79.